The van der Waals surface area contributed by atoms with E-state index in [1.165, 1.54) is 26.4 Å². The van der Waals surface area contributed by atoms with Gasteiger partial charge < -0.3 is 46.6 Å². The molecule has 0 aliphatic heterocycles. The van der Waals surface area contributed by atoms with Crippen molar-refractivity contribution >= 4 is 44.6 Å². The van der Waals surface area contributed by atoms with Gasteiger partial charge in [0.05, 0.1) is 27.1 Å². The smallest absolute Gasteiger partial charge is 0.468 e. The first-order valence-electron chi connectivity index (χ1n) is 17.6. The first-order chi connectivity index (χ1) is 24.9. The number of nitrogens with zero attached hydrogens (tertiary/aromatic N) is 1. The largest absolute Gasteiger partial charge is 0.500 e. The molecular weight excluding hydrogens is 702 g/mol. The van der Waals surface area contributed by atoms with E-state index in [9.17, 15) is 28.8 Å². The highest BCUT2D eigenvalue weighted by atomic mass is 28.4. The standard InChI is InChI=1S/C35H55NO15Si/c1-8-26-24-34(26,30(39)43-6)32(41)47-21-19-45-28(37)14-17-36(16-13-23-52(49-10-3,50-11-4)51-12-5)18-15-29(38)46-20-22-48-33(42)35(31(40)44-7)25-27(35)9-2/h8-9,26-27H,1-2,10-25H2,3-7H3. The number of allylic oxidation sites excluding steroid dienone is 2. The molecule has 0 bridgehead atoms. The highest BCUT2D eigenvalue weighted by Gasteiger charge is 2.67. The Morgan fingerprint density at radius 2 is 1.02 bits per heavy atom. The molecule has 0 aromatic heterocycles. The van der Waals surface area contributed by atoms with Gasteiger partial charge >= 0.3 is 44.6 Å². The molecule has 16 nitrogen and oxygen atoms in total. The van der Waals surface area contributed by atoms with Crippen LogP contribution in [0.15, 0.2) is 25.3 Å². The number of carbonyl (C=O) groups excluding carboxylic acids is 6. The van der Waals surface area contributed by atoms with E-state index in [0.29, 0.717) is 38.8 Å². The summed E-state index contributed by atoms with van der Waals surface area (Å²) in [5.41, 5.74) is -2.81. The van der Waals surface area contributed by atoms with Crippen molar-refractivity contribution in [2.75, 3.05) is 80.1 Å². The number of carbonyl (C=O) groups is 6. The van der Waals surface area contributed by atoms with Crippen molar-refractivity contribution in [2.45, 2.75) is 58.9 Å². The van der Waals surface area contributed by atoms with E-state index < -0.39 is 55.5 Å². The molecule has 0 heterocycles. The molecule has 17 heteroatoms. The molecule has 4 atom stereocenters. The van der Waals surface area contributed by atoms with Crippen LogP contribution in [0.4, 0.5) is 0 Å². The Morgan fingerprint density at radius 1 is 0.635 bits per heavy atom. The van der Waals surface area contributed by atoms with Gasteiger partial charge in [0.2, 0.25) is 0 Å². The van der Waals surface area contributed by atoms with Gasteiger partial charge in [-0.3, -0.25) is 28.8 Å². The summed E-state index contributed by atoms with van der Waals surface area (Å²) in [4.78, 5) is 76.5. The van der Waals surface area contributed by atoms with E-state index in [1.807, 2.05) is 25.7 Å². The summed E-state index contributed by atoms with van der Waals surface area (Å²) in [6.07, 6.45) is 4.04. The van der Waals surface area contributed by atoms with E-state index in [1.54, 1.807) is 0 Å². The number of esters is 6. The van der Waals surface area contributed by atoms with Crippen molar-refractivity contribution < 1.29 is 70.5 Å². The lowest BCUT2D eigenvalue weighted by Gasteiger charge is -2.29. The minimum atomic E-state index is -2.93. The van der Waals surface area contributed by atoms with E-state index in [2.05, 4.69) is 13.2 Å². The third-order valence-electron chi connectivity index (χ3n) is 8.90. The number of methoxy groups -OCH3 is 2. The van der Waals surface area contributed by atoms with Gasteiger partial charge in [0.15, 0.2) is 10.8 Å². The molecule has 0 aromatic carbocycles. The molecule has 2 saturated carbocycles. The number of hydrogen-bond acceptors (Lipinski definition) is 16. The third-order valence-corrected chi connectivity index (χ3v) is 12.1. The molecule has 2 rings (SSSR count). The lowest BCUT2D eigenvalue weighted by Crippen LogP contribution is -2.46. The second-order valence-corrected chi connectivity index (χ2v) is 14.9. The zero-order chi connectivity index (χ0) is 38.8. The number of rotatable bonds is 28. The van der Waals surface area contributed by atoms with Crippen LogP contribution in [0, 0.1) is 22.7 Å². The quantitative estimate of drug-likeness (QED) is 0.0282. The monoisotopic (exact) mass is 757 g/mol. The van der Waals surface area contributed by atoms with Crippen LogP contribution in [0.5, 0.6) is 0 Å². The van der Waals surface area contributed by atoms with Crippen LogP contribution in [0.2, 0.25) is 6.04 Å². The predicted molar refractivity (Wildman–Crippen MR) is 185 cm³/mol. The lowest BCUT2D eigenvalue weighted by atomic mass is 10.0. The van der Waals surface area contributed by atoms with Crippen LogP contribution in [0.3, 0.4) is 0 Å². The van der Waals surface area contributed by atoms with Gasteiger partial charge in [0, 0.05) is 50.8 Å². The maximum Gasteiger partial charge on any atom is 0.500 e. The van der Waals surface area contributed by atoms with Gasteiger partial charge in [-0.1, -0.05) is 12.2 Å². The highest BCUT2D eigenvalue weighted by molar-refractivity contribution is 6.60. The fraction of sp³-hybridized carbons (Fsp3) is 0.714. The molecule has 294 valence electrons. The molecule has 4 unspecified atom stereocenters. The molecule has 2 aliphatic carbocycles. The Morgan fingerprint density at radius 3 is 1.35 bits per heavy atom. The third kappa shape index (κ3) is 11.9. The van der Waals surface area contributed by atoms with Crippen molar-refractivity contribution in [3.63, 3.8) is 0 Å². The predicted octanol–water partition coefficient (Wildman–Crippen LogP) is 2.41. The molecule has 0 saturated heterocycles. The summed E-state index contributed by atoms with van der Waals surface area (Å²) >= 11 is 0. The minimum Gasteiger partial charge on any atom is -0.468 e. The first kappa shape index (κ1) is 44.5. The van der Waals surface area contributed by atoms with Crippen molar-refractivity contribution in [3.05, 3.63) is 25.3 Å². The molecule has 2 aliphatic rings. The average molecular weight is 758 g/mol. The maximum atomic E-state index is 12.6. The van der Waals surface area contributed by atoms with Crippen LogP contribution in [0.25, 0.3) is 0 Å². The van der Waals surface area contributed by atoms with Gasteiger partial charge in [-0.2, -0.15) is 0 Å². The van der Waals surface area contributed by atoms with Crippen molar-refractivity contribution in [2.24, 2.45) is 22.7 Å². The van der Waals surface area contributed by atoms with Gasteiger partial charge in [-0.25, -0.2) is 0 Å². The van der Waals surface area contributed by atoms with Gasteiger partial charge in [0.25, 0.3) is 0 Å². The fourth-order valence-electron chi connectivity index (χ4n) is 5.95. The number of ether oxygens (including phenoxy) is 6. The normalized spacial score (nSPS) is 21.7. The zero-order valence-electron chi connectivity index (χ0n) is 31.1. The van der Waals surface area contributed by atoms with Gasteiger partial charge in [0.1, 0.15) is 26.4 Å². The summed E-state index contributed by atoms with van der Waals surface area (Å²) in [7, 11) is -0.546. The molecular formula is C35H55NO15Si. The van der Waals surface area contributed by atoms with Gasteiger partial charge in [-0.05, 0) is 46.6 Å². The second-order valence-electron chi connectivity index (χ2n) is 12.2. The van der Waals surface area contributed by atoms with E-state index in [0.717, 1.165) is 0 Å². The van der Waals surface area contributed by atoms with Crippen LogP contribution < -0.4 is 0 Å². The second kappa shape index (κ2) is 21.8. The highest BCUT2D eigenvalue weighted by Crippen LogP contribution is 2.55. The maximum absolute atomic E-state index is 12.6. The Hall–Kier alpha value is -3.64. The topological polar surface area (TPSA) is 189 Å². The van der Waals surface area contributed by atoms with E-state index in [-0.39, 0.29) is 77.0 Å². The molecule has 0 N–H and O–H groups in total. The van der Waals surface area contributed by atoms with Crippen molar-refractivity contribution in [1.29, 1.82) is 0 Å². The summed E-state index contributed by atoms with van der Waals surface area (Å²) in [5.74, 6) is -4.75. The first-order valence-corrected chi connectivity index (χ1v) is 19.5. The zero-order valence-corrected chi connectivity index (χ0v) is 32.1. The SMILES string of the molecule is C=CC1CC1(C(=O)OC)C(=O)OCCOC(=O)CCN(CCC[Si](OCC)(OCC)OCC)CCC(=O)OCCOC(=O)C1(C(=O)OC)CC1C=C. The molecule has 0 aromatic rings. The molecule has 0 spiro atoms. The van der Waals surface area contributed by atoms with Crippen LogP contribution >= 0.6 is 0 Å². The minimum absolute atomic E-state index is 0.0256. The van der Waals surface area contributed by atoms with Crippen LogP contribution in [0.1, 0.15) is 52.9 Å². The van der Waals surface area contributed by atoms with Gasteiger partial charge in [-0.15, -0.1) is 13.2 Å². The van der Waals surface area contributed by atoms with E-state index in [4.69, 9.17) is 41.7 Å². The Bertz CT molecular complexity index is 1170. The fourth-order valence-corrected chi connectivity index (χ4v) is 8.54. The molecule has 0 amide bonds. The van der Waals surface area contributed by atoms with E-state index >= 15 is 0 Å². The Balaban J connectivity index is 1.88. The molecule has 52 heavy (non-hydrogen) atoms. The Kier molecular flexibility index (Phi) is 18.6. The number of hydrogen-bond donors (Lipinski definition) is 0. The average Bonchev–Trinajstić information content (AvgIpc) is 4.06. The summed E-state index contributed by atoms with van der Waals surface area (Å²) in [6, 6.07) is 0.518. The van der Waals surface area contributed by atoms with Crippen molar-refractivity contribution in [1.82, 2.24) is 4.90 Å². The van der Waals surface area contributed by atoms with Crippen LogP contribution in [-0.4, -0.2) is 130 Å². The summed E-state index contributed by atoms with van der Waals surface area (Å²) in [6.45, 7) is 14.2. The van der Waals surface area contributed by atoms with Crippen LogP contribution in [-0.2, 0) is 70.5 Å². The van der Waals surface area contributed by atoms with Crippen molar-refractivity contribution in [3.8, 4) is 0 Å². The molecule has 2 fully saturated rings. The summed E-state index contributed by atoms with van der Waals surface area (Å²) < 4.78 is 48.2. The summed E-state index contributed by atoms with van der Waals surface area (Å²) in [5, 5.41) is 0. The Labute approximate surface area is 306 Å². The lowest BCUT2D eigenvalue weighted by molar-refractivity contribution is -0.167. The molecule has 0 radical (unpaired) electrons.